The Kier molecular flexibility index (Phi) is 4.86. The molecule has 0 atom stereocenters. The second kappa shape index (κ2) is 7.22. The SMILES string of the molecule is CCCCCCCn1nc(-n2ccnc2)c2ccccc2c1=O. The Morgan fingerprint density at radius 1 is 1.04 bits per heavy atom. The molecule has 3 rings (SSSR count). The zero-order valence-corrected chi connectivity index (χ0v) is 13.5. The third kappa shape index (κ3) is 3.33. The van der Waals surface area contributed by atoms with Gasteiger partial charge >= 0.3 is 0 Å². The Labute approximate surface area is 135 Å². The molecule has 0 aliphatic carbocycles. The number of hydrogen-bond acceptors (Lipinski definition) is 3. The van der Waals surface area contributed by atoms with E-state index in [0.717, 1.165) is 24.0 Å². The first-order valence-corrected chi connectivity index (χ1v) is 8.29. The monoisotopic (exact) mass is 310 g/mol. The first kappa shape index (κ1) is 15.5. The molecule has 0 spiro atoms. The summed E-state index contributed by atoms with van der Waals surface area (Å²) in [6, 6.07) is 7.63. The number of fused-ring (bicyclic) bond motifs is 1. The van der Waals surface area contributed by atoms with Gasteiger partial charge in [0.2, 0.25) is 0 Å². The molecular formula is C18H22N4O. The molecule has 0 amide bonds. The summed E-state index contributed by atoms with van der Waals surface area (Å²) < 4.78 is 3.46. The van der Waals surface area contributed by atoms with E-state index in [1.54, 1.807) is 17.2 Å². The predicted molar refractivity (Wildman–Crippen MR) is 91.9 cm³/mol. The Morgan fingerprint density at radius 2 is 1.83 bits per heavy atom. The maximum absolute atomic E-state index is 12.6. The van der Waals surface area contributed by atoms with E-state index in [0.29, 0.717) is 11.9 Å². The molecule has 3 aromatic rings. The van der Waals surface area contributed by atoms with Crippen molar-refractivity contribution in [2.24, 2.45) is 0 Å². The van der Waals surface area contributed by atoms with E-state index in [1.165, 1.54) is 19.3 Å². The Morgan fingerprint density at radius 3 is 2.57 bits per heavy atom. The first-order chi connectivity index (χ1) is 11.3. The summed E-state index contributed by atoms with van der Waals surface area (Å²) in [4.78, 5) is 16.7. The van der Waals surface area contributed by atoms with Crippen molar-refractivity contribution in [1.82, 2.24) is 19.3 Å². The van der Waals surface area contributed by atoms with Crippen molar-refractivity contribution in [3.8, 4) is 5.82 Å². The summed E-state index contributed by atoms with van der Waals surface area (Å²) in [6.07, 6.45) is 11.1. The number of aromatic nitrogens is 4. The lowest BCUT2D eigenvalue weighted by Crippen LogP contribution is -2.25. The number of hydrogen-bond donors (Lipinski definition) is 0. The molecule has 2 heterocycles. The second-order valence-electron chi connectivity index (χ2n) is 5.78. The number of rotatable bonds is 7. The number of unbranched alkanes of at least 4 members (excludes halogenated alkanes) is 4. The highest BCUT2D eigenvalue weighted by Gasteiger charge is 2.11. The van der Waals surface area contributed by atoms with E-state index in [1.807, 2.05) is 35.0 Å². The summed E-state index contributed by atoms with van der Waals surface area (Å²) in [5.74, 6) is 0.756. The first-order valence-electron chi connectivity index (χ1n) is 8.29. The van der Waals surface area contributed by atoms with Gasteiger partial charge in [0.25, 0.3) is 5.56 Å². The fourth-order valence-corrected chi connectivity index (χ4v) is 2.81. The van der Waals surface area contributed by atoms with E-state index in [2.05, 4.69) is 17.0 Å². The van der Waals surface area contributed by atoms with Crippen LogP contribution in [0.1, 0.15) is 39.0 Å². The predicted octanol–water partition coefficient (Wildman–Crippen LogP) is 3.55. The van der Waals surface area contributed by atoms with Crippen molar-refractivity contribution in [3.63, 3.8) is 0 Å². The van der Waals surface area contributed by atoms with Gasteiger partial charge < -0.3 is 0 Å². The third-order valence-electron chi connectivity index (χ3n) is 4.07. The zero-order chi connectivity index (χ0) is 16.1. The molecule has 0 saturated carbocycles. The molecule has 1 aromatic carbocycles. The molecular weight excluding hydrogens is 288 g/mol. The number of imidazole rings is 1. The summed E-state index contributed by atoms with van der Waals surface area (Å²) in [7, 11) is 0. The molecule has 5 heteroatoms. The van der Waals surface area contributed by atoms with Gasteiger partial charge in [-0.2, -0.15) is 5.10 Å². The van der Waals surface area contributed by atoms with Crippen LogP contribution in [0, 0.1) is 0 Å². The molecule has 0 bridgehead atoms. The molecule has 0 aliphatic heterocycles. The van der Waals surface area contributed by atoms with Gasteiger partial charge in [-0.1, -0.05) is 50.8 Å². The van der Waals surface area contributed by atoms with Gasteiger partial charge in [-0.25, -0.2) is 9.67 Å². The topological polar surface area (TPSA) is 52.7 Å². The number of nitrogens with zero attached hydrogens (tertiary/aromatic N) is 4. The van der Waals surface area contributed by atoms with Crippen LogP contribution in [0.15, 0.2) is 47.8 Å². The summed E-state index contributed by atoms with van der Waals surface area (Å²) >= 11 is 0. The van der Waals surface area contributed by atoms with E-state index >= 15 is 0 Å². The van der Waals surface area contributed by atoms with Crippen LogP contribution < -0.4 is 5.56 Å². The third-order valence-corrected chi connectivity index (χ3v) is 4.07. The summed E-state index contributed by atoms with van der Waals surface area (Å²) in [6.45, 7) is 2.86. The minimum absolute atomic E-state index is 0.0139. The van der Waals surface area contributed by atoms with Crippen LogP contribution >= 0.6 is 0 Å². The largest absolute Gasteiger partial charge is 0.289 e. The average molecular weight is 310 g/mol. The molecule has 0 saturated heterocycles. The van der Waals surface area contributed by atoms with E-state index in [-0.39, 0.29) is 5.56 Å². The summed E-state index contributed by atoms with van der Waals surface area (Å²) in [5.41, 5.74) is -0.0139. The van der Waals surface area contributed by atoms with Crippen molar-refractivity contribution in [2.45, 2.75) is 45.6 Å². The fraction of sp³-hybridized carbons (Fsp3) is 0.389. The van der Waals surface area contributed by atoms with Crippen molar-refractivity contribution in [1.29, 1.82) is 0 Å². The van der Waals surface area contributed by atoms with Crippen LogP contribution in [0.25, 0.3) is 16.6 Å². The smallest absolute Gasteiger partial charge is 0.274 e. The van der Waals surface area contributed by atoms with Crippen LogP contribution in [0.3, 0.4) is 0 Å². The molecule has 0 radical (unpaired) electrons. The minimum atomic E-state index is -0.0139. The van der Waals surface area contributed by atoms with Crippen LogP contribution in [-0.4, -0.2) is 19.3 Å². The Bertz CT molecular complexity index is 821. The van der Waals surface area contributed by atoms with Crippen molar-refractivity contribution in [3.05, 3.63) is 53.3 Å². The van der Waals surface area contributed by atoms with Crippen LogP contribution in [0.4, 0.5) is 0 Å². The van der Waals surface area contributed by atoms with Gasteiger partial charge in [0.1, 0.15) is 6.33 Å². The van der Waals surface area contributed by atoms with Gasteiger partial charge in [0.15, 0.2) is 5.82 Å². The van der Waals surface area contributed by atoms with Crippen LogP contribution in [0.2, 0.25) is 0 Å². The van der Waals surface area contributed by atoms with Gasteiger partial charge in [0.05, 0.1) is 5.39 Å². The van der Waals surface area contributed by atoms with E-state index in [4.69, 9.17) is 0 Å². The molecule has 120 valence electrons. The van der Waals surface area contributed by atoms with Crippen LogP contribution in [-0.2, 0) is 6.54 Å². The molecule has 0 N–H and O–H groups in total. The van der Waals surface area contributed by atoms with Crippen molar-refractivity contribution < 1.29 is 0 Å². The number of benzene rings is 1. The van der Waals surface area contributed by atoms with E-state index in [9.17, 15) is 4.79 Å². The zero-order valence-electron chi connectivity index (χ0n) is 13.5. The Balaban J connectivity index is 1.95. The second-order valence-corrected chi connectivity index (χ2v) is 5.78. The molecule has 2 aromatic heterocycles. The highest BCUT2D eigenvalue weighted by Crippen LogP contribution is 2.17. The molecule has 23 heavy (non-hydrogen) atoms. The van der Waals surface area contributed by atoms with E-state index < -0.39 is 0 Å². The lowest BCUT2D eigenvalue weighted by atomic mass is 10.1. The highest BCUT2D eigenvalue weighted by atomic mass is 16.1. The Hall–Kier alpha value is -2.43. The molecule has 0 unspecified atom stereocenters. The lowest BCUT2D eigenvalue weighted by Gasteiger charge is -2.11. The fourth-order valence-electron chi connectivity index (χ4n) is 2.81. The van der Waals surface area contributed by atoms with Gasteiger partial charge in [0, 0.05) is 24.3 Å². The average Bonchev–Trinajstić information content (AvgIpc) is 3.11. The minimum Gasteiger partial charge on any atom is -0.289 e. The normalized spacial score (nSPS) is 11.2. The maximum atomic E-state index is 12.6. The standard InChI is InChI=1S/C18H22N4O/c1-2-3-4-5-8-12-22-18(23)16-10-7-6-9-15(16)17(20-22)21-13-11-19-14-21/h6-7,9-11,13-14H,2-5,8,12H2,1H3. The maximum Gasteiger partial charge on any atom is 0.274 e. The molecule has 0 fully saturated rings. The van der Waals surface area contributed by atoms with Crippen LogP contribution in [0.5, 0.6) is 0 Å². The lowest BCUT2D eigenvalue weighted by molar-refractivity contribution is 0.514. The molecule has 0 aliphatic rings. The number of aryl methyl sites for hydroxylation is 1. The van der Waals surface area contributed by atoms with Gasteiger partial charge in [-0.15, -0.1) is 0 Å². The van der Waals surface area contributed by atoms with Gasteiger partial charge in [-0.05, 0) is 12.5 Å². The highest BCUT2D eigenvalue weighted by molar-refractivity contribution is 5.87. The summed E-state index contributed by atoms with van der Waals surface area (Å²) in [5, 5.41) is 6.15. The quantitative estimate of drug-likeness (QED) is 0.627. The molecule has 5 nitrogen and oxygen atoms in total. The van der Waals surface area contributed by atoms with Crippen molar-refractivity contribution >= 4 is 10.8 Å². The van der Waals surface area contributed by atoms with Gasteiger partial charge in [-0.3, -0.25) is 9.36 Å². The van der Waals surface area contributed by atoms with Crippen molar-refractivity contribution in [2.75, 3.05) is 0 Å².